The monoisotopic (exact) mass is 743 g/mol. The van der Waals surface area contributed by atoms with Crippen LogP contribution in [0.3, 0.4) is 0 Å². The smallest absolute Gasteiger partial charge is 0.306 e. The largest absolute Gasteiger partial charge is 0.457 e. The molecule has 0 heterocycles. The molecule has 0 fully saturated rings. The minimum atomic E-state index is -0.535. The number of aliphatic hydroxyl groups excluding tert-OH is 1. The number of carbonyl (C=O) groups excluding carboxylic acids is 1. The van der Waals surface area contributed by atoms with Crippen molar-refractivity contribution in [1.29, 1.82) is 0 Å². The van der Waals surface area contributed by atoms with E-state index in [1.807, 2.05) is 0 Å². The first-order chi connectivity index (χ1) is 26.2. The van der Waals surface area contributed by atoms with Gasteiger partial charge in [0.1, 0.15) is 6.10 Å². The molecule has 0 aromatic rings. The minimum Gasteiger partial charge on any atom is -0.457 e. The molecule has 0 spiro atoms. The number of allylic oxidation sites excluding steroid dienone is 8. The predicted octanol–water partition coefficient (Wildman–Crippen LogP) is 15.4. The number of hydrogen-bond donors (Lipinski definition) is 1. The Kier molecular flexibility index (Phi) is 45.1. The lowest BCUT2D eigenvalue weighted by Gasteiger charge is -2.16. The number of ether oxygens (including phenoxy) is 2. The van der Waals surface area contributed by atoms with Crippen LogP contribution in [-0.2, 0) is 14.3 Å². The molecule has 0 bridgehead atoms. The zero-order chi connectivity index (χ0) is 38.4. The average molecular weight is 743 g/mol. The van der Waals surface area contributed by atoms with Gasteiger partial charge in [-0.3, -0.25) is 4.79 Å². The standard InChI is InChI=1S/C49H90O4/c1-3-5-7-9-11-13-15-17-19-21-23-24-25-26-27-28-30-32-34-36-38-40-42-44-49(51)53-48(46-50)47-52-45-43-41-39-37-35-33-31-29-22-20-18-16-14-12-10-8-6-4-2/h5,7,11,13,17,19,23-24,48,50H,3-4,6,8-10,12,14-16,18,20-22,25-47H2,1-2H3/b7-5-,13-11-,19-17-,24-23-. The number of hydrogen-bond acceptors (Lipinski definition) is 4. The Hall–Kier alpha value is -1.65. The van der Waals surface area contributed by atoms with Gasteiger partial charge in [-0.1, -0.05) is 223 Å². The summed E-state index contributed by atoms with van der Waals surface area (Å²) in [5, 5.41) is 9.63. The van der Waals surface area contributed by atoms with Crippen molar-refractivity contribution < 1.29 is 19.4 Å². The third-order valence-corrected chi connectivity index (χ3v) is 10.2. The van der Waals surface area contributed by atoms with Gasteiger partial charge in [0.15, 0.2) is 0 Å². The lowest BCUT2D eigenvalue weighted by Crippen LogP contribution is -2.27. The van der Waals surface area contributed by atoms with Crippen molar-refractivity contribution in [3.8, 4) is 0 Å². The van der Waals surface area contributed by atoms with E-state index < -0.39 is 6.10 Å². The van der Waals surface area contributed by atoms with E-state index in [-0.39, 0.29) is 12.6 Å². The number of carbonyl (C=O) groups is 1. The molecule has 0 rings (SSSR count). The van der Waals surface area contributed by atoms with Crippen molar-refractivity contribution in [3.05, 3.63) is 48.6 Å². The summed E-state index contributed by atoms with van der Waals surface area (Å²) in [5.74, 6) is -0.203. The molecule has 0 aliphatic heterocycles. The Balaban J connectivity index is 3.41. The molecular weight excluding hydrogens is 653 g/mol. The normalized spacial score (nSPS) is 12.7. The van der Waals surface area contributed by atoms with Crippen LogP contribution in [0.25, 0.3) is 0 Å². The summed E-state index contributed by atoms with van der Waals surface area (Å²) >= 11 is 0. The highest BCUT2D eigenvalue weighted by Crippen LogP contribution is 2.15. The minimum absolute atomic E-state index is 0.171. The molecule has 53 heavy (non-hydrogen) atoms. The van der Waals surface area contributed by atoms with Crippen molar-refractivity contribution in [1.82, 2.24) is 0 Å². The lowest BCUT2D eigenvalue weighted by atomic mass is 10.0. The van der Waals surface area contributed by atoms with E-state index in [9.17, 15) is 9.90 Å². The summed E-state index contributed by atoms with van der Waals surface area (Å²) < 4.78 is 11.2. The molecule has 310 valence electrons. The van der Waals surface area contributed by atoms with Crippen LogP contribution in [-0.4, -0.2) is 37.0 Å². The molecule has 4 heteroatoms. The Morgan fingerprint density at radius 3 is 1.28 bits per heavy atom. The molecular formula is C49H90O4. The summed E-state index contributed by atoms with van der Waals surface area (Å²) in [6, 6.07) is 0. The van der Waals surface area contributed by atoms with Crippen LogP contribution in [0.1, 0.15) is 232 Å². The average Bonchev–Trinajstić information content (AvgIpc) is 3.16. The molecule has 0 aromatic heterocycles. The van der Waals surface area contributed by atoms with Crippen LogP contribution in [0.15, 0.2) is 48.6 Å². The van der Waals surface area contributed by atoms with Gasteiger partial charge in [0, 0.05) is 13.0 Å². The maximum Gasteiger partial charge on any atom is 0.306 e. The van der Waals surface area contributed by atoms with Gasteiger partial charge < -0.3 is 14.6 Å². The molecule has 0 aliphatic carbocycles. The van der Waals surface area contributed by atoms with Crippen LogP contribution in [0.4, 0.5) is 0 Å². The van der Waals surface area contributed by atoms with E-state index in [2.05, 4.69) is 62.5 Å². The van der Waals surface area contributed by atoms with Crippen molar-refractivity contribution in [2.75, 3.05) is 19.8 Å². The van der Waals surface area contributed by atoms with E-state index in [0.29, 0.717) is 19.6 Å². The van der Waals surface area contributed by atoms with Gasteiger partial charge in [-0.05, 0) is 51.4 Å². The van der Waals surface area contributed by atoms with Crippen molar-refractivity contribution in [2.24, 2.45) is 0 Å². The quantitative estimate of drug-likeness (QED) is 0.0384. The second-order valence-corrected chi connectivity index (χ2v) is 15.5. The molecule has 0 radical (unpaired) electrons. The van der Waals surface area contributed by atoms with Crippen molar-refractivity contribution in [2.45, 2.75) is 238 Å². The Morgan fingerprint density at radius 2 is 0.849 bits per heavy atom. The van der Waals surface area contributed by atoms with Gasteiger partial charge in [-0.25, -0.2) is 0 Å². The lowest BCUT2D eigenvalue weighted by molar-refractivity contribution is -0.154. The van der Waals surface area contributed by atoms with Crippen LogP contribution >= 0.6 is 0 Å². The van der Waals surface area contributed by atoms with Crippen LogP contribution in [0.2, 0.25) is 0 Å². The predicted molar refractivity (Wildman–Crippen MR) is 233 cm³/mol. The molecule has 0 amide bonds. The molecule has 0 aliphatic rings. The van der Waals surface area contributed by atoms with Gasteiger partial charge in [-0.2, -0.15) is 0 Å². The van der Waals surface area contributed by atoms with Crippen LogP contribution < -0.4 is 0 Å². The Labute approximate surface area is 331 Å². The number of rotatable bonds is 43. The van der Waals surface area contributed by atoms with Crippen molar-refractivity contribution >= 4 is 5.97 Å². The second-order valence-electron chi connectivity index (χ2n) is 15.5. The van der Waals surface area contributed by atoms with E-state index >= 15 is 0 Å². The van der Waals surface area contributed by atoms with E-state index in [1.54, 1.807) is 0 Å². The highest BCUT2D eigenvalue weighted by molar-refractivity contribution is 5.69. The maximum atomic E-state index is 12.2. The summed E-state index contributed by atoms with van der Waals surface area (Å²) in [5.41, 5.74) is 0. The Morgan fingerprint density at radius 1 is 0.472 bits per heavy atom. The van der Waals surface area contributed by atoms with Crippen LogP contribution in [0.5, 0.6) is 0 Å². The first kappa shape index (κ1) is 51.4. The molecule has 1 unspecified atom stereocenters. The SMILES string of the molecule is CC/C=C\C/C=C\C/C=C\C/C=C\CCCCCCCCCCCCC(=O)OC(CO)COCCCCCCCCCCCCCCCCCCCC. The van der Waals surface area contributed by atoms with Crippen molar-refractivity contribution in [3.63, 3.8) is 0 Å². The fourth-order valence-corrected chi connectivity index (χ4v) is 6.73. The molecule has 4 nitrogen and oxygen atoms in total. The number of aliphatic hydroxyl groups is 1. The number of unbranched alkanes of at least 4 members (excludes halogenated alkanes) is 27. The first-order valence-corrected chi connectivity index (χ1v) is 23.2. The summed E-state index contributed by atoms with van der Waals surface area (Å²) in [6.45, 7) is 5.26. The van der Waals surface area contributed by atoms with Gasteiger partial charge >= 0.3 is 5.97 Å². The second kappa shape index (κ2) is 46.5. The maximum absolute atomic E-state index is 12.2. The van der Waals surface area contributed by atoms with Gasteiger partial charge in [0.05, 0.1) is 13.2 Å². The van der Waals surface area contributed by atoms with E-state index in [1.165, 1.54) is 167 Å². The zero-order valence-corrected chi connectivity index (χ0v) is 35.5. The summed E-state index contributed by atoms with van der Waals surface area (Å²) in [6.07, 6.45) is 60.4. The van der Waals surface area contributed by atoms with E-state index in [0.717, 1.165) is 44.9 Å². The summed E-state index contributed by atoms with van der Waals surface area (Å²) in [4.78, 5) is 12.2. The Bertz CT molecular complexity index is 828. The van der Waals surface area contributed by atoms with Gasteiger partial charge in [-0.15, -0.1) is 0 Å². The topological polar surface area (TPSA) is 55.8 Å². The first-order valence-electron chi connectivity index (χ1n) is 23.2. The highest BCUT2D eigenvalue weighted by atomic mass is 16.6. The molecule has 1 N–H and O–H groups in total. The molecule has 0 saturated heterocycles. The third-order valence-electron chi connectivity index (χ3n) is 10.2. The summed E-state index contributed by atoms with van der Waals surface area (Å²) in [7, 11) is 0. The molecule has 1 atom stereocenters. The molecule has 0 saturated carbocycles. The molecule has 0 aromatic carbocycles. The van der Waals surface area contributed by atoms with Crippen LogP contribution in [0, 0.1) is 0 Å². The third kappa shape index (κ3) is 44.6. The van der Waals surface area contributed by atoms with Gasteiger partial charge in [0.25, 0.3) is 0 Å². The fraction of sp³-hybridized carbons (Fsp3) is 0.816. The fourth-order valence-electron chi connectivity index (χ4n) is 6.73. The van der Waals surface area contributed by atoms with E-state index in [4.69, 9.17) is 9.47 Å². The zero-order valence-electron chi connectivity index (χ0n) is 35.5. The van der Waals surface area contributed by atoms with Gasteiger partial charge in [0.2, 0.25) is 0 Å². The highest BCUT2D eigenvalue weighted by Gasteiger charge is 2.13. The number of esters is 1.